The average molecular weight is 804 g/mol. The van der Waals surface area contributed by atoms with Crippen LogP contribution in [0.2, 0.25) is 5.04 Å². The molecule has 0 spiro atoms. The molecule has 0 aliphatic carbocycles. The number of allylic oxidation sites excluding steroid dienone is 3. The Morgan fingerprint density at radius 2 is 1.16 bits per heavy atom. The Morgan fingerprint density at radius 3 is 1.61 bits per heavy atom. The molecular weight excluding hydrogens is 719 g/mol. The molecule has 0 unspecified atom stereocenters. The topological polar surface area (TPSA) is 78.8 Å². The summed E-state index contributed by atoms with van der Waals surface area (Å²) < 4.78 is 7.39. The van der Waals surface area contributed by atoms with Crippen LogP contribution >= 0.6 is 0 Å². The fourth-order valence-electron chi connectivity index (χ4n) is 8.09. The van der Waals surface area contributed by atoms with E-state index in [1.807, 2.05) is 18.2 Å². The minimum Gasteiger partial charge on any atom is -0.395 e. The Morgan fingerprint density at radius 1 is 0.702 bits per heavy atom. The van der Waals surface area contributed by atoms with Crippen LogP contribution in [-0.2, 0) is 9.22 Å². The van der Waals surface area contributed by atoms with Crippen molar-refractivity contribution in [2.45, 2.75) is 213 Å². The van der Waals surface area contributed by atoms with Crippen LogP contribution in [0.5, 0.6) is 0 Å². The summed E-state index contributed by atoms with van der Waals surface area (Å²) in [5.41, 5.74) is 1.43. The summed E-state index contributed by atoms with van der Waals surface area (Å²) in [6, 6.07) is 20.1. The van der Waals surface area contributed by atoms with Crippen molar-refractivity contribution in [2.24, 2.45) is 0 Å². The second-order valence-corrected chi connectivity index (χ2v) is 21.9. The lowest BCUT2D eigenvalue weighted by Gasteiger charge is -2.45. The van der Waals surface area contributed by atoms with E-state index in [-0.39, 0.29) is 17.6 Å². The summed E-state index contributed by atoms with van der Waals surface area (Å²) in [7, 11) is -3.03. The van der Waals surface area contributed by atoms with E-state index in [0.717, 1.165) is 48.9 Å². The fraction of sp³-hybridized carbons (Fsp3) is 0.667. The summed E-state index contributed by atoms with van der Waals surface area (Å²) in [4.78, 5) is 14.4. The molecule has 3 atom stereocenters. The molecule has 57 heavy (non-hydrogen) atoms. The first-order chi connectivity index (χ1) is 27.6. The van der Waals surface area contributed by atoms with Gasteiger partial charge in [0.1, 0.15) is 6.10 Å². The highest BCUT2D eigenvalue weighted by atomic mass is 28.4. The third-order valence-corrected chi connectivity index (χ3v) is 16.7. The Kier molecular flexibility index (Phi) is 27.1. The highest BCUT2D eigenvalue weighted by molar-refractivity contribution is 6.99. The molecule has 0 aromatic heterocycles. The first kappa shape index (κ1) is 50.6. The van der Waals surface area contributed by atoms with E-state index in [9.17, 15) is 15.0 Å². The van der Waals surface area contributed by atoms with E-state index in [1.54, 1.807) is 6.08 Å². The first-order valence-electron chi connectivity index (χ1n) is 23.3. The number of amides is 1. The number of aliphatic hydroxyl groups is 2. The van der Waals surface area contributed by atoms with Crippen molar-refractivity contribution in [3.63, 3.8) is 0 Å². The molecule has 0 saturated carbocycles. The molecule has 0 heterocycles. The third-order valence-electron chi connectivity index (χ3n) is 11.6. The summed E-state index contributed by atoms with van der Waals surface area (Å²) in [6.07, 6.45) is 31.9. The van der Waals surface area contributed by atoms with Crippen molar-refractivity contribution >= 4 is 24.6 Å². The van der Waals surface area contributed by atoms with Gasteiger partial charge in [-0.15, -0.1) is 0 Å². The predicted molar refractivity (Wildman–Crippen MR) is 248 cm³/mol. The third kappa shape index (κ3) is 19.9. The Bertz CT molecular complexity index is 1300. The lowest BCUT2D eigenvalue weighted by molar-refractivity contribution is -0.130. The van der Waals surface area contributed by atoms with Crippen molar-refractivity contribution in [3.05, 3.63) is 84.5 Å². The van der Waals surface area contributed by atoms with Gasteiger partial charge in [0, 0.05) is 0 Å². The van der Waals surface area contributed by atoms with Crippen molar-refractivity contribution in [1.29, 1.82) is 0 Å². The number of carbonyl (C=O) groups is 1. The average Bonchev–Trinajstić information content (AvgIpc) is 3.21. The van der Waals surface area contributed by atoms with Crippen LogP contribution in [0.3, 0.4) is 0 Å². The van der Waals surface area contributed by atoms with E-state index >= 15 is 0 Å². The van der Waals surface area contributed by atoms with Gasteiger partial charge in [-0.2, -0.15) is 0 Å². The molecule has 2 rings (SSSR count). The molecule has 1 amide bonds. The minimum atomic E-state index is -3.03. The highest BCUT2D eigenvalue weighted by Gasteiger charge is 2.52. The molecule has 2 aromatic rings. The minimum absolute atomic E-state index is 0.263. The zero-order valence-electron chi connectivity index (χ0n) is 37.4. The van der Waals surface area contributed by atoms with E-state index < -0.39 is 26.6 Å². The molecule has 0 fully saturated rings. The van der Waals surface area contributed by atoms with Gasteiger partial charge in [0.25, 0.3) is 8.32 Å². The number of hydrogen-bond acceptors (Lipinski definition) is 4. The van der Waals surface area contributed by atoms with Gasteiger partial charge in [0.2, 0.25) is 5.91 Å². The number of unbranched alkanes of at least 4 members (excludes halogenated alkanes) is 18. The van der Waals surface area contributed by atoms with Crippen molar-refractivity contribution in [2.75, 3.05) is 6.61 Å². The molecule has 0 radical (unpaired) electrons. The van der Waals surface area contributed by atoms with Crippen LogP contribution in [0.15, 0.2) is 84.5 Å². The largest absolute Gasteiger partial charge is 0.395 e. The highest BCUT2D eigenvalue weighted by Crippen LogP contribution is 2.38. The summed E-state index contributed by atoms with van der Waals surface area (Å²) >= 11 is 0. The lowest BCUT2D eigenvalue weighted by Crippen LogP contribution is -2.69. The zero-order chi connectivity index (χ0) is 41.6. The van der Waals surface area contributed by atoms with Crippen LogP contribution in [0.25, 0.3) is 0 Å². The maximum atomic E-state index is 14.4. The standard InChI is InChI=1S/C51H85NO4Si/c1-7-9-11-13-15-16-17-18-19-21-23-34-42-49(56-57(51(4,5)6,45-37-29-25-30-38-45)46-39-31-26-32-40-46)50(55)52-47(43-53)48(54)41-33-24-28-36-44(3)35-27-22-20-14-12-10-8-2/h25-26,29-33,36-41,47-49,53-54H,7-24,27-28,34-35,42-43H2,1-6H3,(H,52,55)/b41-33+,44-36+/t47-,48+,49+/m1/s1. The summed E-state index contributed by atoms with van der Waals surface area (Å²) in [5, 5.41) is 26.6. The quantitative estimate of drug-likeness (QED) is 0.0381. The molecule has 6 heteroatoms. The number of rotatable bonds is 33. The van der Waals surface area contributed by atoms with Gasteiger partial charge in [-0.3, -0.25) is 4.79 Å². The first-order valence-corrected chi connectivity index (χ1v) is 25.2. The molecule has 3 N–H and O–H groups in total. The molecule has 2 aromatic carbocycles. The Labute approximate surface area is 351 Å². The van der Waals surface area contributed by atoms with E-state index in [2.05, 4.69) is 101 Å². The summed E-state index contributed by atoms with van der Waals surface area (Å²) in [6.45, 7) is 13.1. The normalized spacial score (nSPS) is 14.2. The number of hydrogen-bond donors (Lipinski definition) is 3. The maximum absolute atomic E-state index is 14.4. The van der Waals surface area contributed by atoms with Crippen LogP contribution < -0.4 is 15.7 Å². The van der Waals surface area contributed by atoms with Crippen molar-refractivity contribution in [1.82, 2.24) is 5.32 Å². The van der Waals surface area contributed by atoms with Gasteiger partial charge >= 0.3 is 0 Å². The second kappa shape index (κ2) is 30.5. The second-order valence-electron chi connectivity index (χ2n) is 17.7. The fourth-order valence-corrected chi connectivity index (χ4v) is 12.8. The van der Waals surface area contributed by atoms with Gasteiger partial charge in [-0.25, -0.2) is 0 Å². The smallest absolute Gasteiger partial charge is 0.262 e. The molecule has 322 valence electrons. The number of aliphatic hydroxyl groups excluding tert-OH is 2. The predicted octanol–water partition coefficient (Wildman–Crippen LogP) is 12.3. The monoisotopic (exact) mass is 804 g/mol. The molecule has 0 aliphatic heterocycles. The maximum Gasteiger partial charge on any atom is 0.262 e. The van der Waals surface area contributed by atoms with Gasteiger partial charge < -0.3 is 20.0 Å². The van der Waals surface area contributed by atoms with E-state index in [4.69, 9.17) is 4.43 Å². The van der Waals surface area contributed by atoms with Gasteiger partial charge in [0.15, 0.2) is 0 Å². The van der Waals surface area contributed by atoms with Gasteiger partial charge in [-0.05, 0) is 54.4 Å². The van der Waals surface area contributed by atoms with E-state index in [0.29, 0.717) is 6.42 Å². The molecule has 5 nitrogen and oxygen atoms in total. The van der Waals surface area contributed by atoms with Gasteiger partial charge in [0.05, 0.1) is 18.8 Å². The Balaban J connectivity index is 2.12. The Hall–Kier alpha value is -2.51. The van der Waals surface area contributed by atoms with Gasteiger partial charge in [-0.1, -0.05) is 235 Å². The van der Waals surface area contributed by atoms with Crippen LogP contribution in [-0.4, -0.2) is 49.3 Å². The van der Waals surface area contributed by atoms with Crippen LogP contribution in [0.4, 0.5) is 0 Å². The molecule has 0 aliphatic rings. The summed E-state index contributed by atoms with van der Waals surface area (Å²) in [5.74, 6) is -0.263. The van der Waals surface area contributed by atoms with Crippen LogP contribution in [0.1, 0.15) is 189 Å². The number of nitrogens with one attached hydrogen (secondary N) is 1. The van der Waals surface area contributed by atoms with Crippen molar-refractivity contribution in [3.8, 4) is 0 Å². The zero-order valence-corrected chi connectivity index (χ0v) is 38.4. The van der Waals surface area contributed by atoms with Crippen molar-refractivity contribution < 1.29 is 19.4 Å². The molecule has 0 saturated heterocycles. The SMILES string of the molecule is CCCCCCCCCCCCCC[C@H](O[Si](c1ccccc1)(c1ccccc1)C(C)(C)C)C(=O)N[C@H](CO)[C@@H](O)/C=C/CC/C=C(\C)CCCCCCCCC. The van der Waals surface area contributed by atoms with Crippen LogP contribution in [0, 0.1) is 0 Å². The van der Waals surface area contributed by atoms with E-state index in [1.165, 1.54) is 108 Å². The lowest BCUT2D eigenvalue weighted by atomic mass is 10.0. The number of benzene rings is 2. The molecular formula is C51H85NO4Si. The molecule has 0 bridgehead atoms. The number of carbonyl (C=O) groups excluding carboxylic acids is 1.